The second kappa shape index (κ2) is 32.8. The minimum atomic E-state index is -4.35. The number of aromatic nitrogens is 12. The van der Waals surface area contributed by atoms with Crippen LogP contribution in [0, 0.1) is 50.9 Å². The number of aryl methyl sites for hydroxylation is 10. The van der Waals surface area contributed by atoms with Gasteiger partial charge in [-0.25, -0.2) is 20.0 Å². The van der Waals surface area contributed by atoms with E-state index in [4.69, 9.17) is 10.1 Å². The zero-order chi connectivity index (χ0) is 52.7. The Morgan fingerprint density at radius 2 is 0.844 bits per heavy atom. The van der Waals surface area contributed by atoms with E-state index in [1.807, 2.05) is 78.9 Å². The number of alkyl halides is 3. The third-order valence-electron chi connectivity index (χ3n) is 11.3. The summed E-state index contributed by atoms with van der Waals surface area (Å²) in [7, 11) is 5.57. The summed E-state index contributed by atoms with van der Waals surface area (Å²) < 4.78 is 57.3. The second-order valence-corrected chi connectivity index (χ2v) is 17.4. The van der Waals surface area contributed by atoms with E-state index < -0.39 is 11.7 Å². The number of hydrogen-bond donors (Lipinski definition) is 0. The zero-order valence-electron chi connectivity index (χ0n) is 44.6. The number of nitrogens with zero attached hydrogens (tertiary/aromatic N) is 12. The van der Waals surface area contributed by atoms with Crippen LogP contribution in [0.2, 0.25) is 0 Å². The first kappa shape index (κ1) is 68.1. The Morgan fingerprint density at radius 1 is 0.468 bits per heavy atom. The average molecular weight is 1760 g/mol. The van der Waals surface area contributed by atoms with Crippen LogP contribution in [0.3, 0.4) is 0 Å². The minimum absolute atomic E-state index is 0. The molecule has 0 spiro atoms. The van der Waals surface area contributed by atoms with E-state index >= 15 is 0 Å². The van der Waals surface area contributed by atoms with Crippen molar-refractivity contribution in [3.05, 3.63) is 173 Å². The molecule has 0 bridgehead atoms. The summed E-state index contributed by atoms with van der Waals surface area (Å²) in [6, 6.07) is 39.4. The van der Waals surface area contributed by atoms with Gasteiger partial charge in [-0.3, -0.25) is 38.4 Å². The molecule has 0 fully saturated rings. The van der Waals surface area contributed by atoms with E-state index in [-0.39, 0.29) is 86.2 Å². The molecule has 5 aromatic carbocycles. The molecule has 4 radical (unpaired) electrons. The van der Waals surface area contributed by atoms with Gasteiger partial charge in [-0.15, -0.1) is 131 Å². The largest absolute Gasteiger partial charge is 0.381 e. The van der Waals surface area contributed by atoms with Gasteiger partial charge in [-0.2, -0.15) is 18.3 Å². The monoisotopic (exact) mass is 1760 g/mol. The van der Waals surface area contributed by atoms with Crippen LogP contribution in [0.4, 0.5) is 17.6 Å². The summed E-state index contributed by atoms with van der Waals surface area (Å²) in [5.41, 5.74) is 7.24. The van der Waals surface area contributed by atoms with Crippen LogP contribution in [-0.2, 0) is 133 Å². The van der Waals surface area contributed by atoms with Crippen molar-refractivity contribution >= 4 is 0 Å². The molecule has 0 N–H and O–H groups in total. The van der Waals surface area contributed by atoms with E-state index in [1.165, 1.54) is 34.9 Å². The van der Waals surface area contributed by atoms with Gasteiger partial charge in [0.25, 0.3) is 0 Å². The number of hydrogen-bond acceptors (Lipinski definition) is 8. The van der Waals surface area contributed by atoms with Crippen LogP contribution >= 0.6 is 0 Å². The third kappa shape index (κ3) is 19.1. The molecule has 0 saturated heterocycles. The van der Waals surface area contributed by atoms with Crippen LogP contribution in [0.1, 0.15) is 98.9 Å². The second-order valence-electron chi connectivity index (χ2n) is 17.4. The molecule has 418 valence electrons. The van der Waals surface area contributed by atoms with Gasteiger partial charge < -0.3 is 0 Å². The molecule has 0 saturated carbocycles. The quantitative estimate of drug-likeness (QED) is 0.0826. The Balaban J connectivity index is 0.000000350. The molecule has 77 heavy (non-hydrogen) atoms. The van der Waals surface area contributed by atoms with Crippen molar-refractivity contribution in [3.8, 4) is 51.2 Å². The fraction of sp³-hybridized carbons (Fsp3) is 0.333. The first-order chi connectivity index (χ1) is 35.0. The molecule has 9 rings (SSSR count). The Labute approximate surface area is 504 Å². The van der Waals surface area contributed by atoms with Gasteiger partial charge >= 0.3 is 6.18 Å². The fourth-order valence-electron chi connectivity index (χ4n) is 7.80. The molecule has 0 amide bonds. The van der Waals surface area contributed by atoms with Crippen molar-refractivity contribution in [3.63, 3.8) is 0 Å². The Hall–Kier alpha value is -5.02. The molecule has 4 heterocycles. The van der Waals surface area contributed by atoms with Crippen LogP contribution in [0.5, 0.6) is 0 Å². The van der Waals surface area contributed by atoms with E-state index in [0.29, 0.717) is 17.2 Å². The molecule has 0 unspecified atom stereocenters. The Morgan fingerprint density at radius 3 is 1.19 bits per heavy atom. The van der Waals surface area contributed by atoms with E-state index in [1.54, 1.807) is 22.5 Å². The van der Waals surface area contributed by atoms with Crippen molar-refractivity contribution in [1.82, 2.24) is 59.1 Å². The van der Waals surface area contributed by atoms with Crippen LogP contribution < -0.4 is 0 Å². The summed E-state index contributed by atoms with van der Waals surface area (Å²) in [6.45, 7) is 14.8. The maximum absolute atomic E-state index is 12.7. The minimum Gasteiger partial charge on any atom is -0.265 e. The normalized spacial score (nSPS) is 10.5. The first-order valence-corrected chi connectivity index (χ1v) is 24.5. The van der Waals surface area contributed by atoms with Crippen molar-refractivity contribution in [2.75, 3.05) is 0 Å². The maximum Gasteiger partial charge on any atom is 0.381 e. The summed E-state index contributed by atoms with van der Waals surface area (Å²) in [4.78, 5) is 18.0. The standard InChI is InChI=1S/C20H22N3.C13H13F3N3.C12H13FN3.C12H14N3.4Ir/c1-5-9-18-21-20(17-10-7-6-8-11-17)22-23(18)19-15(3)12-14(2)13-16(19)4;1-3-4-11-17-12(18-19(11)2)9-5-7-10(8-6-9)13(14,15)16;1-3-4-11-14-12(15-16(11)2)9-5-7-10(13)8-6-9;1-3-7-11-13-12(14-15(11)2)10-8-5-4-6-9-10;;;;/h6-8,10,12-13H,5,9H2,1-4H3;5,7-8H,3-4H2,1-2H3;5,7-8H,3-4H2,1-2H3;4-6,8H,3,7H2,1-2H3;;;;/q4*-1;;;;. The summed E-state index contributed by atoms with van der Waals surface area (Å²) >= 11 is 0. The van der Waals surface area contributed by atoms with Gasteiger partial charge in [0.1, 0.15) is 23.3 Å². The van der Waals surface area contributed by atoms with Gasteiger partial charge in [0.05, 0.1) is 29.0 Å². The van der Waals surface area contributed by atoms with Gasteiger partial charge in [0.15, 0.2) is 0 Å². The number of halogens is 4. The molecular formula is C57H62F4Ir4N12-4. The van der Waals surface area contributed by atoms with Gasteiger partial charge in [0, 0.05) is 133 Å². The molecule has 12 nitrogen and oxygen atoms in total. The fourth-order valence-corrected chi connectivity index (χ4v) is 7.80. The summed E-state index contributed by atoms with van der Waals surface area (Å²) in [5, 5.41) is 17.6. The molecule has 0 aliphatic carbocycles. The maximum atomic E-state index is 12.7. The average Bonchev–Trinajstić information content (AvgIpc) is 4.16. The van der Waals surface area contributed by atoms with E-state index in [2.05, 4.69) is 108 Å². The molecule has 0 aliphatic heterocycles. The zero-order valence-corrected chi connectivity index (χ0v) is 54.2. The van der Waals surface area contributed by atoms with E-state index in [9.17, 15) is 17.6 Å². The van der Waals surface area contributed by atoms with Crippen LogP contribution in [-0.4, -0.2) is 59.1 Å². The Bertz CT molecular complexity index is 3110. The predicted octanol–water partition coefficient (Wildman–Crippen LogP) is 12.5. The van der Waals surface area contributed by atoms with Crippen LogP contribution in [0.25, 0.3) is 51.2 Å². The first-order valence-electron chi connectivity index (χ1n) is 24.5. The van der Waals surface area contributed by atoms with Crippen molar-refractivity contribution in [1.29, 1.82) is 0 Å². The SMILES string of the molecule is CCCc1nc(-c2[c-]cc(C(F)(F)F)cc2)nn1C.CCCc1nc(-c2[c-]cc(F)cc2)nn1C.CCCc1nc(-c2[c-]cccc2)nn1-c1c(C)cc(C)cc1C.CCCc1nc(-c2[c-]cccc2)nn1C.[Ir].[Ir].[Ir].[Ir]. The molecule has 4 aromatic heterocycles. The smallest absolute Gasteiger partial charge is 0.265 e. The number of benzene rings is 5. The van der Waals surface area contributed by atoms with E-state index in [0.717, 1.165) is 121 Å². The van der Waals surface area contributed by atoms with Gasteiger partial charge in [0.2, 0.25) is 0 Å². The molecular weight excluding hydrogens is 1700 g/mol. The number of rotatable bonds is 13. The molecule has 0 atom stereocenters. The van der Waals surface area contributed by atoms with Crippen molar-refractivity contribution in [2.24, 2.45) is 21.1 Å². The third-order valence-corrected chi connectivity index (χ3v) is 11.3. The summed E-state index contributed by atoms with van der Waals surface area (Å²) in [5.74, 6) is 6.01. The Kier molecular flexibility index (Phi) is 29.0. The molecule has 20 heteroatoms. The van der Waals surface area contributed by atoms with Crippen LogP contribution in [0.15, 0.2) is 97.1 Å². The molecule has 0 aliphatic rings. The van der Waals surface area contributed by atoms with Crippen molar-refractivity contribution < 1.29 is 98.0 Å². The summed E-state index contributed by atoms with van der Waals surface area (Å²) in [6.07, 6.45) is 3.30. The van der Waals surface area contributed by atoms with Gasteiger partial charge in [-0.1, -0.05) is 45.4 Å². The topological polar surface area (TPSA) is 123 Å². The van der Waals surface area contributed by atoms with Crippen molar-refractivity contribution in [2.45, 2.75) is 106 Å². The van der Waals surface area contributed by atoms with Gasteiger partial charge in [-0.05, 0) is 63.1 Å². The molecule has 9 aromatic rings. The predicted molar refractivity (Wildman–Crippen MR) is 277 cm³/mol.